The zero-order valence-electron chi connectivity index (χ0n) is 11.1. The van der Waals surface area contributed by atoms with Crippen LogP contribution in [0, 0.1) is 0 Å². The summed E-state index contributed by atoms with van der Waals surface area (Å²) in [5, 5.41) is 12.9. The van der Waals surface area contributed by atoms with Crippen molar-refractivity contribution in [3.63, 3.8) is 0 Å². The number of anilines is 1. The number of aliphatic hydroxyl groups excluding tert-OH is 1. The Morgan fingerprint density at radius 2 is 2.05 bits per heavy atom. The van der Waals surface area contributed by atoms with Crippen LogP contribution in [0.25, 0.3) is 11.2 Å². The number of aromatic nitrogens is 4. The molecule has 0 amide bonds. The molecule has 3 N–H and O–H groups in total. The Labute approximate surface area is 126 Å². The Kier molecular flexibility index (Phi) is 3.98. The van der Waals surface area contributed by atoms with Crippen LogP contribution in [0.2, 0.25) is 5.28 Å². The first-order chi connectivity index (χ1) is 10.3. The van der Waals surface area contributed by atoms with Crippen LogP contribution < -0.4 is 5.32 Å². The van der Waals surface area contributed by atoms with Crippen LogP contribution in [-0.2, 0) is 6.42 Å². The maximum absolute atomic E-state index is 9.58. The van der Waals surface area contributed by atoms with E-state index in [1.165, 1.54) is 6.33 Å². The van der Waals surface area contributed by atoms with Gasteiger partial charge in [-0.25, -0.2) is 4.98 Å². The molecule has 0 aliphatic carbocycles. The molecule has 0 aliphatic rings. The normalized spacial score (nSPS) is 12.5. The standard InChI is InChI=1S/C14H14ClN5O/c15-14-19-12-11(16-8-17-12)13(20-14)18-10(7-21)6-9-4-2-1-3-5-9/h1-5,8,10,21H,6-7H2,(H2,16,17,18,19,20). The highest BCUT2D eigenvalue weighted by molar-refractivity contribution is 6.28. The molecule has 1 atom stereocenters. The highest BCUT2D eigenvalue weighted by Crippen LogP contribution is 2.20. The molecule has 108 valence electrons. The third-order valence-electron chi connectivity index (χ3n) is 3.14. The zero-order chi connectivity index (χ0) is 14.7. The molecule has 0 saturated heterocycles. The van der Waals surface area contributed by atoms with Crippen LogP contribution in [0.5, 0.6) is 0 Å². The van der Waals surface area contributed by atoms with Gasteiger partial charge in [-0.1, -0.05) is 30.3 Å². The van der Waals surface area contributed by atoms with Crippen LogP contribution in [-0.4, -0.2) is 37.7 Å². The lowest BCUT2D eigenvalue weighted by molar-refractivity contribution is 0.273. The maximum atomic E-state index is 9.58. The average molecular weight is 304 g/mol. The van der Waals surface area contributed by atoms with Gasteiger partial charge in [0.1, 0.15) is 5.52 Å². The smallest absolute Gasteiger partial charge is 0.226 e. The molecular weight excluding hydrogens is 290 g/mol. The quantitative estimate of drug-likeness (QED) is 0.628. The van der Waals surface area contributed by atoms with Gasteiger partial charge in [0, 0.05) is 0 Å². The van der Waals surface area contributed by atoms with Gasteiger partial charge < -0.3 is 15.4 Å². The second kappa shape index (κ2) is 6.07. The maximum Gasteiger partial charge on any atom is 0.226 e. The van der Waals surface area contributed by atoms with Crippen molar-refractivity contribution in [1.29, 1.82) is 0 Å². The van der Waals surface area contributed by atoms with E-state index in [2.05, 4.69) is 25.3 Å². The van der Waals surface area contributed by atoms with Crippen LogP contribution >= 0.6 is 11.6 Å². The van der Waals surface area contributed by atoms with Crippen LogP contribution in [0.4, 0.5) is 5.82 Å². The summed E-state index contributed by atoms with van der Waals surface area (Å²) in [5.41, 5.74) is 2.30. The summed E-state index contributed by atoms with van der Waals surface area (Å²) >= 11 is 5.89. The number of hydrogen-bond donors (Lipinski definition) is 3. The van der Waals surface area contributed by atoms with Crippen LogP contribution in [0.15, 0.2) is 36.7 Å². The molecule has 1 aromatic carbocycles. The van der Waals surface area contributed by atoms with Crippen molar-refractivity contribution in [2.24, 2.45) is 0 Å². The predicted octanol–water partition coefficient (Wildman–Crippen LogP) is 2.02. The number of nitrogens with one attached hydrogen (secondary N) is 2. The Hall–Kier alpha value is -2.18. The molecule has 0 aliphatic heterocycles. The van der Waals surface area contributed by atoms with E-state index in [9.17, 15) is 5.11 Å². The van der Waals surface area contributed by atoms with Gasteiger partial charge >= 0.3 is 0 Å². The highest BCUT2D eigenvalue weighted by Gasteiger charge is 2.14. The molecule has 0 saturated carbocycles. The number of aromatic amines is 1. The van der Waals surface area contributed by atoms with Crippen molar-refractivity contribution in [2.75, 3.05) is 11.9 Å². The highest BCUT2D eigenvalue weighted by atomic mass is 35.5. The first-order valence-corrected chi connectivity index (χ1v) is 6.92. The summed E-state index contributed by atoms with van der Waals surface area (Å²) in [6.45, 7) is -0.0217. The number of benzene rings is 1. The monoisotopic (exact) mass is 303 g/mol. The second-order valence-corrected chi connectivity index (χ2v) is 4.99. The molecule has 0 radical (unpaired) electrons. The van der Waals surface area contributed by atoms with E-state index >= 15 is 0 Å². The molecule has 21 heavy (non-hydrogen) atoms. The van der Waals surface area contributed by atoms with Gasteiger partial charge in [-0.05, 0) is 23.6 Å². The van der Waals surface area contributed by atoms with Gasteiger partial charge in [0.15, 0.2) is 11.5 Å². The number of fused-ring (bicyclic) bond motifs is 1. The van der Waals surface area contributed by atoms with E-state index in [0.29, 0.717) is 23.4 Å². The van der Waals surface area contributed by atoms with E-state index in [1.54, 1.807) is 0 Å². The molecule has 0 fully saturated rings. The van der Waals surface area contributed by atoms with Gasteiger partial charge in [-0.3, -0.25) is 0 Å². The summed E-state index contributed by atoms with van der Waals surface area (Å²) in [4.78, 5) is 15.2. The molecule has 0 bridgehead atoms. The first kappa shape index (κ1) is 13.8. The number of halogens is 1. The van der Waals surface area contributed by atoms with Crippen molar-refractivity contribution in [3.8, 4) is 0 Å². The van der Waals surface area contributed by atoms with Crippen molar-refractivity contribution < 1.29 is 5.11 Å². The predicted molar refractivity (Wildman–Crippen MR) is 81.3 cm³/mol. The lowest BCUT2D eigenvalue weighted by Gasteiger charge is -2.17. The summed E-state index contributed by atoms with van der Waals surface area (Å²) in [5.74, 6) is 0.539. The number of H-pyrrole nitrogens is 1. The fourth-order valence-electron chi connectivity index (χ4n) is 2.16. The Morgan fingerprint density at radius 1 is 1.24 bits per heavy atom. The van der Waals surface area contributed by atoms with Gasteiger partial charge in [0.05, 0.1) is 19.0 Å². The molecule has 3 aromatic rings. The number of hydrogen-bond acceptors (Lipinski definition) is 5. The zero-order valence-corrected chi connectivity index (χ0v) is 11.9. The fraction of sp³-hybridized carbons (Fsp3) is 0.214. The number of imidazole rings is 1. The van der Waals surface area contributed by atoms with Crippen LogP contribution in [0.3, 0.4) is 0 Å². The van der Waals surface area contributed by atoms with Crippen LogP contribution in [0.1, 0.15) is 5.56 Å². The molecular formula is C14H14ClN5O. The Balaban J connectivity index is 1.84. The molecule has 0 spiro atoms. The van der Waals surface area contributed by atoms with E-state index in [4.69, 9.17) is 11.6 Å². The van der Waals surface area contributed by atoms with Crippen molar-refractivity contribution in [3.05, 3.63) is 47.5 Å². The average Bonchev–Trinajstić information content (AvgIpc) is 2.96. The molecule has 3 rings (SSSR count). The third-order valence-corrected chi connectivity index (χ3v) is 3.31. The molecule has 2 heterocycles. The van der Waals surface area contributed by atoms with E-state index in [-0.39, 0.29) is 17.9 Å². The largest absolute Gasteiger partial charge is 0.394 e. The molecule has 2 aromatic heterocycles. The number of nitrogens with zero attached hydrogens (tertiary/aromatic N) is 3. The SMILES string of the molecule is OCC(Cc1ccccc1)Nc1nc(Cl)nc2nc[nH]c12. The summed E-state index contributed by atoms with van der Waals surface area (Å²) in [6.07, 6.45) is 2.21. The van der Waals surface area contributed by atoms with Gasteiger partial charge in [-0.2, -0.15) is 9.97 Å². The van der Waals surface area contributed by atoms with E-state index < -0.39 is 0 Å². The Bertz CT molecular complexity index is 731. The van der Waals surface area contributed by atoms with Crippen molar-refractivity contribution in [1.82, 2.24) is 19.9 Å². The minimum absolute atomic E-state index is 0.0217. The van der Waals surface area contributed by atoms with Crippen molar-refractivity contribution >= 4 is 28.6 Å². The van der Waals surface area contributed by atoms with Gasteiger partial charge in [0.2, 0.25) is 5.28 Å². The molecule has 7 heteroatoms. The lowest BCUT2D eigenvalue weighted by Crippen LogP contribution is -2.27. The van der Waals surface area contributed by atoms with Gasteiger partial charge in [-0.15, -0.1) is 0 Å². The number of rotatable bonds is 5. The fourth-order valence-corrected chi connectivity index (χ4v) is 2.33. The third kappa shape index (κ3) is 3.12. The van der Waals surface area contributed by atoms with E-state index in [0.717, 1.165) is 5.56 Å². The minimum atomic E-state index is -0.176. The topological polar surface area (TPSA) is 86.7 Å². The van der Waals surface area contributed by atoms with Gasteiger partial charge in [0.25, 0.3) is 0 Å². The molecule has 1 unspecified atom stereocenters. The second-order valence-electron chi connectivity index (χ2n) is 4.66. The van der Waals surface area contributed by atoms with Crippen molar-refractivity contribution in [2.45, 2.75) is 12.5 Å². The molecule has 6 nitrogen and oxygen atoms in total. The minimum Gasteiger partial charge on any atom is -0.394 e. The van der Waals surface area contributed by atoms with E-state index in [1.807, 2.05) is 30.3 Å². The lowest BCUT2D eigenvalue weighted by atomic mass is 10.1. The summed E-state index contributed by atoms with van der Waals surface area (Å²) < 4.78 is 0. The summed E-state index contributed by atoms with van der Waals surface area (Å²) in [7, 11) is 0. The Morgan fingerprint density at radius 3 is 2.81 bits per heavy atom. The summed E-state index contributed by atoms with van der Waals surface area (Å²) in [6, 6.07) is 9.76. The first-order valence-electron chi connectivity index (χ1n) is 6.54. The number of aliphatic hydroxyl groups is 1.